The van der Waals surface area contributed by atoms with Crippen LogP contribution in [0.5, 0.6) is 0 Å². The molecule has 1 aliphatic heterocycles. The SMILES string of the molecule is CCOC(=O)N1CCN(C(=O)C(CCC(=O)O)NC(=O)c2cc(/C=C/[C@H](C)O)nc(-c3ccccc3)n2)CC1. The molecule has 0 bridgehead atoms. The van der Waals surface area contributed by atoms with Crippen LogP contribution >= 0.6 is 0 Å². The Kier molecular flexibility index (Phi) is 10.5. The first-order valence-corrected chi connectivity index (χ1v) is 12.7. The van der Waals surface area contributed by atoms with Gasteiger partial charge in [0.15, 0.2) is 5.82 Å². The molecule has 1 fully saturated rings. The highest BCUT2D eigenvalue weighted by Crippen LogP contribution is 2.17. The first-order chi connectivity index (χ1) is 18.7. The minimum absolute atomic E-state index is 0.0191. The van der Waals surface area contributed by atoms with E-state index in [1.54, 1.807) is 44.2 Å². The van der Waals surface area contributed by atoms with Crippen LogP contribution in [-0.4, -0.2) is 98.8 Å². The van der Waals surface area contributed by atoms with E-state index in [1.165, 1.54) is 21.9 Å². The standard InChI is InChI=1S/C27H33N5O7/c1-3-39-27(38)32-15-13-31(14-16-32)26(37)21(11-12-23(34)35)30-25(36)22-17-20(10-9-18(2)33)28-24(29-22)19-7-5-4-6-8-19/h4-10,17-18,21,33H,3,11-16H2,1-2H3,(H,30,36)(H,34,35)/b10-9+/t18-,21?/m0/s1. The van der Waals surface area contributed by atoms with E-state index in [4.69, 9.17) is 4.74 Å². The normalized spacial score (nSPS) is 15.1. The monoisotopic (exact) mass is 539 g/mol. The number of nitrogens with zero attached hydrogens (tertiary/aromatic N) is 4. The molecular formula is C27H33N5O7. The third-order valence-corrected chi connectivity index (χ3v) is 5.92. The average molecular weight is 540 g/mol. The number of aromatic nitrogens is 2. The van der Waals surface area contributed by atoms with Crippen LogP contribution in [0, 0.1) is 0 Å². The summed E-state index contributed by atoms with van der Waals surface area (Å²) in [4.78, 5) is 61.7. The van der Waals surface area contributed by atoms with Crippen molar-refractivity contribution in [2.75, 3.05) is 32.8 Å². The number of amides is 3. The summed E-state index contributed by atoms with van der Waals surface area (Å²) in [6, 6.07) is 9.33. The quantitative estimate of drug-likeness (QED) is 0.409. The van der Waals surface area contributed by atoms with Gasteiger partial charge >= 0.3 is 12.1 Å². The second-order valence-electron chi connectivity index (χ2n) is 8.94. The number of carbonyl (C=O) groups excluding carboxylic acids is 3. The maximum Gasteiger partial charge on any atom is 0.409 e. The van der Waals surface area contributed by atoms with E-state index in [2.05, 4.69) is 15.3 Å². The average Bonchev–Trinajstić information content (AvgIpc) is 2.94. The molecule has 12 nitrogen and oxygen atoms in total. The van der Waals surface area contributed by atoms with Crippen LogP contribution in [0.15, 0.2) is 42.5 Å². The fraction of sp³-hybridized carbons (Fsp3) is 0.407. The second kappa shape index (κ2) is 14.0. The topological polar surface area (TPSA) is 162 Å². The van der Waals surface area contributed by atoms with E-state index in [9.17, 15) is 29.4 Å². The minimum Gasteiger partial charge on any atom is -0.481 e. The summed E-state index contributed by atoms with van der Waals surface area (Å²) < 4.78 is 5.00. The molecule has 0 radical (unpaired) electrons. The number of carbonyl (C=O) groups is 4. The van der Waals surface area contributed by atoms with Gasteiger partial charge in [0, 0.05) is 38.2 Å². The van der Waals surface area contributed by atoms with Crippen molar-refractivity contribution in [1.82, 2.24) is 25.1 Å². The summed E-state index contributed by atoms with van der Waals surface area (Å²) in [5.41, 5.74) is 1.02. The molecule has 0 saturated carbocycles. The predicted octanol–water partition coefficient (Wildman–Crippen LogP) is 1.80. The second-order valence-corrected chi connectivity index (χ2v) is 8.94. The Labute approximate surface area is 226 Å². The molecule has 1 aromatic heterocycles. The summed E-state index contributed by atoms with van der Waals surface area (Å²) >= 11 is 0. The maximum atomic E-state index is 13.3. The van der Waals surface area contributed by atoms with E-state index >= 15 is 0 Å². The van der Waals surface area contributed by atoms with Gasteiger partial charge in [-0.3, -0.25) is 14.4 Å². The van der Waals surface area contributed by atoms with Crippen LogP contribution in [0.2, 0.25) is 0 Å². The molecule has 0 aliphatic carbocycles. The summed E-state index contributed by atoms with van der Waals surface area (Å²) in [6.45, 7) is 4.49. The summed E-state index contributed by atoms with van der Waals surface area (Å²) in [6.07, 6.45) is 1.42. The van der Waals surface area contributed by atoms with Gasteiger partial charge in [0.25, 0.3) is 5.91 Å². The largest absolute Gasteiger partial charge is 0.481 e. The Bertz CT molecular complexity index is 1190. The van der Waals surface area contributed by atoms with Crippen LogP contribution in [0.3, 0.4) is 0 Å². The zero-order valence-corrected chi connectivity index (χ0v) is 21.9. The number of aliphatic hydroxyl groups is 1. The molecule has 1 unspecified atom stereocenters. The highest BCUT2D eigenvalue weighted by atomic mass is 16.6. The Morgan fingerprint density at radius 1 is 1.08 bits per heavy atom. The number of hydrogen-bond acceptors (Lipinski definition) is 8. The first kappa shape index (κ1) is 29.2. The highest BCUT2D eigenvalue weighted by Gasteiger charge is 2.31. The lowest BCUT2D eigenvalue weighted by Gasteiger charge is -2.35. The summed E-state index contributed by atoms with van der Waals surface area (Å²) in [5.74, 6) is -1.94. The number of aliphatic carboxylic acids is 1. The number of carboxylic acids is 1. The lowest BCUT2D eigenvalue weighted by Crippen LogP contribution is -2.56. The van der Waals surface area contributed by atoms with Crippen molar-refractivity contribution in [1.29, 1.82) is 0 Å². The van der Waals surface area contributed by atoms with Crippen molar-refractivity contribution < 1.29 is 34.1 Å². The Hall–Kier alpha value is -4.32. The molecular weight excluding hydrogens is 506 g/mol. The number of carboxylic acid groups (broad SMARTS) is 1. The van der Waals surface area contributed by atoms with Crippen LogP contribution in [0.1, 0.15) is 42.9 Å². The van der Waals surface area contributed by atoms with E-state index < -0.39 is 36.0 Å². The lowest BCUT2D eigenvalue weighted by atomic mass is 10.1. The number of rotatable bonds is 10. The first-order valence-electron chi connectivity index (χ1n) is 12.7. The number of aliphatic hydroxyl groups excluding tert-OH is 1. The zero-order chi connectivity index (χ0) is 28.4. The van der Waals surface area contributed by atoms with Gasteiger partial charge in [-0.05, 0) is 32.4 Å². The van der Waals surface area contributed by atoms with Crippen LogP contribution in [0.4, 0.5) is 4.79 Å². The lowest BCUT2D eigenvalue weighted by molar-refractivity contribution is -0.138. The van der Waals surface area contributed by atoms with Crippen LogP contribution in [-0.2, 0) is 14.3 Å². The van der Waals surface area contributed by atoms with Gasteiger partial charge in [-0.25, -0.2) is 14.8 Å². The van der Waals surface area contributed by atoms with Crippen molar-refractivity contribution in [2.45, 2.75) is 38.8 Å². The zero-order valence-electron chi connectivity index (χ0n) is 21.9. The molecule has 0 spiro atoms. The van der Waals surface area contributed by atoms with E-state index in [0.717, 1.165) is 0 Å². The van der Waals surface area contributed by atoms with Gasteiger partial charge in [-0.15, -0.1) is 0 Å². The third-order valence-electron chi connectivity index (χ3n) is 5.92. The molecule has 1 aromatic carbocycles. The molecule has 1 aliphatic rings. The number of nitrogens with one attached hydrogen (secondary N) is 1. The Balaban J connectivity index is 1.82. The highest BCUT2D eigenvalue weighted by molar-refractivity contribution is 5.97. The summed E-state index contributed by atoms with van der Waals surface area (Å²) in [5, 5.41) is 21.5. The molecule has 3 rings (SSSR count). The smallest absolute Gasteiger partial charge is 0.409 e. The maximum absolute atomic E-state index is 13.3. The fourth-order valence-electron chi connectivity index (χ4n) is 3.92. The third kappa shape index (κ3) is 8.60. The van der Waals surface area contributed by atoms with Crippen molar-refractivity contribution >= 4 is 30.0 Å². The van der Waals surface area contributed by atoms with E-state index in [0.29, 0.717) is 11.3 Å². The van der Waals surface area contributed by atoms with E-state index in [1.807, 2.05) is 6.07 Å². The van der Waals surface area contributed by atoms with Crippen molar-refractivity contribution in [3.63, 3.8) is 0 Å². The fourth-order valence-corrected chi connectivity index (χ4v) is 3.92. The van der Waals surface area contributed by atoms with Crippen LogP contribution in [0.25, 0.3) is 17.5 Å². The van der Waals surface area contributed by atoms with E-state index in [-0.39, 0.29) is 57.1 Å². The molecule has 2 heterocycles. The van der Waals surface area contributed by atoms with Gasteiger partial charge in [-0.1, -0.05) is 36.4 Å². The molecule has 2 aromatic rings. The molecule has 3 N–H and O–H groups in total. The molecule has 2 atom stereocenters. The van der Waals surface area contributed by atoms with Gasteiger partial charge in [0.1, 0.15) is 11.7 Å². The number of ether oxygens (including phenoxy) is 1. The molecule has 3 amide bonds. The summed E-state index contributed by atoms with van der Waals surface area (Å²) in [7, 11) is 0. The Morgan fingerprint density at radius 3 is 2.36 bits per heavy atom. The minimum atomic E-state index is -1.12. The molecule has 12 heteroatoms. The van der Waals surface area contributed by atoms with Crippen molar-refractivity contribution in [3.05, 3.63) is 53.9 Å². The number of hydrogen-bond donors (Lipinski definition) is 3. The van der Waals surface area contributed by atoms with Gasteiger partial charge in [0.05, 0.1) is 18.4 Å². The van der Waals surface area contributed by atoms with Crippen molar-refractivity contribution in [2.24, 2.45) is 0 Å². The van der Waals surface area contributed by atoms with Gasteiger partial charge in [-0.2, -0.15) is 0 Å². The van der Waals surface area contributed by atoms with Gasteiger partial charge in [0.2, 0.25) is 5.91 Å². The number of benzene rings is 1. The van der Waals surface area contributed by atoms with Gasteiger partial charge < -0.3 is 30.1 Å². The van der Waals surface area contributed by atoms with Crippen molar-refractivity contribution in [3.8, 4) is 11.4 Å². The predicted molar refractivity (Wildman–Crippen MR) is 141 cm³/mol. The molecule has 39 heavy (non-hydrogen) atoms. The molecule has 208 valence electrons. The molecule has 1 saturated heterocycles. The Morgan fingerprint density at radius 2 is 1.74 bits per heavy atom. The van der Waals surface area contributed by atoms with Crippen LogP contribution < -0.4 is 5.32 Å². The number of piperazine rings is 1.